The fourth-order valence-electron chi connectivity index (χ4n) is 4.03. The molecule has 0 fully saturated rings. The van der Waals surface area contributed by atoms with Gasteiger partial charge in [0.1, 0.15) is 0 Å². The number of hydrogen-bond donors (Lipinski definition) is 1. The number of fused-ring (bicyclic) bond motifs is 3. The highest BCUT2D eigenvalue weighted by atomic mass is 16.2. The van der Waals surface area contributed by atoms with Crippen molar-refractivity contribution in [3.63, 3.8) is 0 Å². The largest absolute Gasteiger partial charge is 0.356 e. The van der Waals surface area contributed by atoms with Gasteiger partial charge in [-0.2, -0.15) is 0 Å². The lowest BCUT2D eigenvalue weighted by Crippen LogP contribution is -2.40. The summed E-state index contributed by atoms with van der Waals surface area (Å²) in [7, 11) is 0. The first-order valence-corrected chi connectivity index (χ1v) is 9.31. The number of carbonyl (C=O) groups is 1. The highest BCUT2D eigenvalue weighted by Crippen LogP contribution is 2.38. The lowest BCUT2D eigenvalue weighted by atomic mass is 9.91. The Kier molecular flexibility index (Phi) is 4.37. The summed E-state index contributed by atoms with van der Waals surface area (Å²) in [6.45, 7) is 6.64. The number of benzene rings is 2. The molecule has 3 nitrogen and oxygen atoms in total. The molecule has 1 aliphatic rings. The second-order valence-corrected chi connectivity index (χ2v) is 6.89. The van der Waals surface area contributed by atoms with Gasteiger partial charge in [0, 0.05) is 29.6 Å². The summed E-state index contributed by atoms with van der Waals surface area (Å²) in [4.78, 5) is 18.4. The number of aromatic amines is 1. The zero-order valence-electron chi connectivity index (χ0n) is 15.2. The van der Waals surface area contributed by atoms with Crippen LogP contribution in [-0.2, 0) is 17.6 Å². The molecule has 0 bridgehead atoms. The average Bonchev–Trinajstić information content (AvgIpc) is 3.06. The molecule has 1 aromatic heterocycles. The van der Waals surface area contributed by atoms with E-state index in [-0.39, 0.29) is 11.9 Å². The molecular formula is C23H24N2O. The zero-order valence-corrected chi connectivity index (χ0v) is 15.2. The van der Waals surface area contributed by atoms with Crippen molar-refractivity contribution in [1.82, 2.24) is 9.88 Å². The number of hydrogen-bond acceptors (Lipinski definition) is 1. The summed E-state index contributed by atoms with van der Waals surface area (Å²) < 4.78 is 0. The molecule has 4 rings (SSSR count). The van der Waals surface area contributed by atoms with Crippen molar-refractivity contribution in [3.8, 4) is 0 Å². The maximum atomic E-state index is 12.8. The first-order valence-electron chi connectivity index (χ1n) is 9.31. The molecule has 1 N–H and O–H groups in total. The lowest BCUT2D eigenvalue weighted by Gasteiger charge is -2.36. The minimum absolute atomic E-state index is 0.0653. The van der Waals surface area contributed by atoms with E-state index in [1.165, 1.54) is 16.5 Å². The monoisotopic (exact) mass is 344 g/mol. The minimum atomic E-state index is -0.0653. The SMILES string of the molecule is C=CCC(=O)N1CCc2c([nH]c3ccccc23)[C@@H]1c1ccc(CC)cc1. The van der Waals surface area contributed by atoms with Gasteiger partial charge in [-0.25, -0.2) is 0 Å². The number of nitrogens with zero attached hydrogens (tertiary/aromatic N) is 1. The van der Waals surface area contributed by atoms with E-state index < -0.39 is 0 Å². The Hall–Kier alpha value is -2.81. The highest BCUT2D eigenvalue weighted by molar-refractivity contribution is 5.86. The molecule has 1 atom stereocenters. The minimum Gasteiger partial charge on any atom is -0.356 e. The summed E-state index contributed by atoms with van der Waals surface area (Å²) in [5.41, 5.74) is 6.11. The maximum Gasteiger partial charge on any atom is 0.227 e. The fraction of sp³-hybridized carbons (Fsp3) is 0.261. The van der Waals surface area contributed by atoms with Gasteiger partial charge in [0.05, 0.1) is 6.04 Å². The van der Waals surface area contributed by atoms with E-state index in [4.69, 9.17) is 0 Å². The van der Waals surface area contributed by atoms with E-state index in [2.05, 4.69) is 67.0 Å². The molecule has 0 aliphatic carbocycles. The topological polar surface area (TPSA) is 36.1 Å². The Balaban J connectivity index is 1.86. The van der Waals surface area contributed by atoms with Gasteiger partial charge in [-0.3, -0.25) is 4.79 Å². The van der Waals surface area contributed by atoms with Crippen LogP contribution in [0, 0.1) is 0 Å². The van der Waals surface area contributed by atoms with Crippen LogP contribution in [-0.4, -0.2) is 22.3 Å². The van der Waals surface area contributed by atoms with Gasteiger partial charge in [-0.1, -0.05) is 55.5 Å². The number of aromatic nitrogens is 1. The van der Waals surface area contributed by atoms with E-state index in [1.807, 2.05) is 4.90 Å². The number of aryl methyl sites for hydroxylation is 1. The molecule has 26 heavy (non-hydrogen) atoms. The maximum absolute atomic E-state index is 12.8. The van der Waals surface area contributed by atoms with Gasteiger partial charge in [0.2, 0.25) is 5.91 Å². The third kappa shape index (κ3) is 2.74. The second kappa shape index (κ2) is 6.83. The summed E-state index contributed by atoms with van der Waals surface area (Å²) in [6, 6.07) is 17.0. The quantitative estimate of drug-likeness (QED) is 0.679. The molecule has 3 heteroatoms. The number of H-pyrrole nitrogens is 1. The summed E-state index contributed by atoms with van der Waals surface area (Å²) >= 11 is 0. The van der Waals surface area contributed by atoms with Crippen LogP contribution >= 0.6 is 0 Å². The number of carbonyl (C=O) groups excluding carboxylic acids is 1. The van der Waals surface area contributed by atoms with Crippen molar-refractivity contribution in [3.05, 3.63) is 83.6 Å². The summed E-state index contributed by atoms with van der Waals surface area (Å²) in [6.07, 6.45) is 3.97. The first kappa shape index (κ1) is 16.6. The van der Waals surface area contributed by atoms with E-state index in [1.54, 1.807) is 6.08 Å². The fourth-order valence-corrected chi connectivity index (χ4v) is 4.03. The van der Waals surface area contributed by atoms with Crippen molar-refractivity contribution >= 4 is 16.8 Å². The Morgan fingerprint density at radius 2 is 2.00 bits per heavy atom. The van der Waals surface area contributed by atoms with Crippen LogP contribution < -0.4 is 0 Å². The smallest absolute Gasteiger partial charge is 0.227 e. The number of rotatable bonds is 4. The van der Waals surface area contributed by atoms with Crippen LogP contribution in [0.15, 0.2) is 61.2 Å². The molecule has 0 saturated heterocycles. The molecule has 1 aliphatic heterocycles. The van der Waals surface area contributed by atoms with Gasteiger partial charge in [0.15, 0.2) is 0 Å². The van der Waals surface area contributed by atoms with Crippen molar-refractivity contribution in [2.75, 3.05) is 6.54 Å². The average molecular weight is 344 g/mol. The lowest BCUT2D eigenvalue weighted by molar-refractivity contribution is -0.132. The molecule has 0 unspecified atom stereocenters. The Labute approximate surface area is 154 Å². The normalized spacial score (nSPS) is 16.5. The summed E-state index contributed by atoms with van der Waals surface area (Å²) in [5, 5.41) is 1.27. The van der Waals surface area contributed by atoms with Gasteiger partial charge >= 0.3 is 0 Å². The predicted octanol–water partition coefficient (Wildman–Crippen LogP) is 4.78. The van der Waals surface area contributed by atoms with Crippen LogP contribution in [0.1, 0.15) is 41.8 Å². The second-order valence-electron chi connectivity index (χ2n) is 6.89. The Bertz CT molecular complexity index is 952. The third-order valence-corrected chi connectivity index (χ3v) is 5.38. The van der Waals surface area contributed by atoms with Crippen LogP contribution in [0.25, 0.3) is 10.9 Å². The van der Waals surface area contributed by atoms with Gasteiger partial charge in [-0.15, -0.1) is 6.58 Å². The van der Waals surface area contributed by atoms with E-state index in [0.717, 1.165) is 36.2 Å². The Morgan fingerprint density at radius 1 is 1.23 bits per heavy atom. The first-order chi connectivity index (χ1) is 12.7. The van der Waals surface area contributed by atoms with E-state index in [0.29, 0.717) is 6.42 Å². The number of para-hydroxylation sites is 1. The molecular weight excluding hydrogens is 320 g/mol. The van der Waals surface area contributed by atoms with Crippen molar-refractivity contribution in [2.45, 2.75) is 32.2 Å². The van der Waals surface area contributed by atoms with Crippen LogP contribution in [0.5, 0.6) is 0 Å². The van der Waals surface area contributed by atoms with Crippen LogP contribution in [0.2, 0.25) is 0 Å². The third-order valence-electron chi connectivity index (χ3n) is 5.38. The molecule has 2 heterocycles. The van der Waals surface area contributed by atoms with Crippen LogP contribution in [0.4, 0.5) is 0 Å². The highest BCUT2D eigenvalue weighted by Gasteiger charge is 2.33. The predicted molar refractivity (Wildman–Crippen MR) is 106 cm³/mol. The number of nitrogens with one attached hydrogen (secondary N) is 1. The van der Waals surface area contributed by atoms with Crippen molar-refractivity contribution < 1.29 is 4.79 Å². The van der Waals surface area contributed by atoms with Gasteiger partial charge in [-0.05, 0) is 35.6 Å². The van der Waals surface area contributed by atoms with Gasteiger partial charge in [0.25, 0.3) is 0 Å². The number of amides is 1. The van der Waals surface area contributed by atoms with E-state index >= 15 is 0 Å². The molecule has 0 radical (unpaired) electrons. The standard InChI is InChI=1S/C23H24N2O/c1-3-7-21(26)25-15-14-19-18-8-5-6-9-20(18)24-22(19)23(25)17-12-10-16(4-2)11-13-17/h3,5-6,8-13,23-24H,1,4,7,14-15H2,2H3/t23-/m0/s1. The van der Waals surface area contributed by atoms with Crippen molar-refractivity contribution in [1.29, 1.82) is 0 Å². The molecule has 3 aromatic rings. The van der Waals surface area contributed by atoms with Crippen LogP contribution in [0.3, 0.4) is 0 Å². The van der Waals surface area contributed by atoms with Gasteiger partial charge < -0.3 is 9.88 Å². The van der Waals surface area contributed by atoms with Crippen molar-refractivity contribution in [2.24, 2.45) is 0 Å². The molecule has 2 aromatic carbocycles. The molecule has 0 spiro atoms. The molecule has 0 saturated carbocycles. The Morgan fingerprint density at radius 3 is 2.73 bits per heavy atom. The zero-order chi connectivity index (χ0) is 18.1. The molecule has 132 valence electrons. The van der Waals surface area contributed by atoms with E-state index in [9.17, 15) is 4.79 Å². The summed E-state index contributed by atoms with van der Waals surface area (Å²) in [5.74, 6) is 0.133. The molecule has 1 amide bonds.